The van der Waals surface area contributed by atoms with Gasteiger partial charge in [0.25, 0.3) is 5.92 Å². The lowest BCUT2D eigenvalue weighted by atomic mass is 10.3. The summed E-state index contributed by atoms with van der Waals surface area (Å²) >= 11 is 0. The van der Waals surface area contributed by atoms with Crippen molar-refractivity contribution >= 4 is 16.9 Å². The summed E-state index contributed by atoms with van der Waals surface area (Å²) in [5.41, 5.74) is 5.86. The standard InChI is InChI=1S/C14H18F2N4O2/c1-2-19-10-5-3-4-6-11(10)20(13(19)22)7-12(21)18-9-14(15,16)8-17/h3-6H,2,7-9,17H2,1H3,(H,18,21). The van der Waals surface area contributed by atoms with Gasteiger partial charge in [-0.25, -0.2) is 13.6 Å². The molecule has 0 radical (unpaired) electrons. The Kier molecular flexibility index (Phi) is 4.60. The number of nitrogens with two attached hydrogens (primary N) is 1. The molecule has 1 amide bonds. The molecular weight excluding hydrogens is 294 g/mol. The number of hydrogen-bond donors (Lipinski definition) is 2. The van der Waals surface area contributed by atoms with Crippen molar-refractivity contribution in [1.29, 1.82) is 0 Å². The topological polar surface area (TPSA) is 82.0 Å². The van der Waals surface area contributed by atoms with Gasteiger partial charge in [0.15, 0.2) is 0 Å². The molecule has 1 heterocycles. The molecule has 8 heteroatoms. The minimum absolute atomic E-state index is 0.313. The number of amides is 1. The van der Waals surface area contributed by atoms with Crippen LogP contribution in [0.5, 0.6) is 0 Å². The van der Waals surface area contributed by atoms with Crippen LogP contribution < -0.4 is 16.7 Å². The Bertz CT molecular complexity index is 736. The van der Waals surface area contributed by atoms with E-state index in [0.717, 1.165) is 0 Å². The molecule has 0 saturated heterocycles. The summed E-state index contributed by atoms with van der Waals surface area (Å²) in [6.45, 7) is 0.276. The van der Waals surface area contributed by atoms with Crippen molar-refractivity contribution in [2.45, 2.75) is 25.9 Å². The lowest BCUT2D eigenvalue weighted by Crippen LogP contribution is -2.43. The number of carbonyl (C=O) groups excluding carboxylic acids is 1. The van der Waals surface area contributed by atoms with Gasteiger partial charge in [0.1, 0.15) is 6.54 Å². The van der Waals surface area contributed by atoms with E-state index < -0.39 is 24.9 Å². The van der Waals surface area contributed by atoms with Gasteiger partial charge in [-0.2, -0.15) is 0 Å². The maximum atomic E-state index is 13.0. The number of benzene rings is 1. The van der Waals surface area contributed by atoms with Crippen LogP contribution in [-0.2, 0) is 17.9 Å². The van der Waals surface area contributed by atoms with Crippen molar-refractivity contribution in [3.05, 3.63) is 34.7 Å². The number of fused-ring (bicyclic) bond motifs is 1. The normalized spacial score (nSPS) is 11.8. The number of aryl methyl sites for hydroxylation is 1. The molecule has 0 aliphatic rings. The third-order valence-corrected chi connectivity index (χ3v) is 3.39. The van der Waals surface area contributed by atoms with Crippen LogP contribution in [0, 0.1) is 0 Å². The summed E-state index contributed by atoms with van der Waals surface area (Å²) in [5.74, 6) is -3.81. The molecule has 0 aliphatic heterocycles. The average Bonchev–Trinajstić information content (AvgIpc) is 2.77. The Labute approximate surface area is 125 Å². The van der Waals surface area contributed by atoms with Gasteiger partial charge in [0.05, 0.1) is 24.1 Å². The van der Waals surface area contributed by atoms with Crippen molar-refractivity contribution in [1.82, 2.24) is 14.5 Å². The van der Waals surface area contributed by atoms with E-state index in [2.05, 4.69) is 5.32 Å². The molecule has 2 aromatic rings. The number of nitrogens with zero attached hydrogens (tertiary/aromatic N) is 2. The van der Waals surface area contributed by atoms with Gasteiger partial charge >= 0.3 is 5.69 Å². The van der Waals surface area contributed by atoms with Crippen LogP contribution in [0.2, 0.25) is 0 Å². The average molecular weight is 312 g/mol. The smallest absolute Gasteiger partial charge is 0.329 e. The predicted molar refractivity (Wildman–Crippen MR) is 78.9 cm³/mol. The van der Waals surface area contributed by atoms with E-state index in [-0.39, 0.29) is 12.2 Å². The zero-order valence-corrected chi connectivity index (χ0v) is 12.2. The highest BCUT2D eigenvalue weighted by Crippen LogP contribution is 2.13. The molecule has 6 nitrogen and oxygen atoms in total. The Hall–Kier alpha value is -2.22. The second-order valence-corrected chi connectivity index (χ2v) is 4.94. The molecule has 0 aliphatic carbocycles. The Balaban J connectivity index is 2.23. The first-order chi connectivity index (χ1) is 10.4. The SMILES string of the molecule is CCn1c(=O)n(CC(=O)NCC(F)(F)CN)c2ccccc21. The second-order valence-electron chi connectivity index (χ2n) is 4.94. The first-order valence-electron chi connectivity index (χ1n) is 6.92. The number of para-hydroxylation sites is 2. The predicted octanol–water partition coefficient (Wildman–Crippen LogP) is 0.533. The summed E-state index contributed by atoms with van der Waals surface area (Å²) < 4.78 is 28.9. The van der Waals surface area contributed by atoms with Crippen LogP contribution in [0.1, 0.15) is 6.92 Å². The van der Waals surface area contributed by atoms with E-state index in [1.807, 2.05) is 6.92 Å². The van der Waals surface area contributed by atoms with E-state index in [1.165, 1.54) is 9.13 Å². The van der Waals surface area contributed by atoms with Gasteiger partial charge in [-0.3, -0.25) is 13.9 Å². The first kappa shape index (κ1) is 16.2. The van der Waals surface area contributed by atoms with Crippen LogP contribution in [0.25, 0.3) is 11.0 Å². The van der Waals surface area contributed by atoms with Crippen LogP contribution in [0.15, 0.2) is 29.1 Å². The Morgan fingerprint density at radius 3 is 2.41 bits per heavy atom. The monoisotopic (exact) mass is 312 g/mol. The number of aromatic nitrogens is 2. The van der Waals surface area contributed by atoms with Gasteiger partial charge in [-0.05, 0) is 19.1 Å². The fourth-order valence-electron chi connectivity index (χ4n) is 2.23. The third kappa shape index (κ3) is 3.16. The third-order valence-electron chi connectivity index (χ3n) is 3.39. The van der Waals surface area contributed by atoms with Crippen LogP contribution >= 0.6 is 0 Å². The lowest BCUT2D eigenvalue weighted by molar-refractivity contribution is -0.123. The van der Waals surface area contributed by atoms with Gasteiger partial charge in [-0.15, -0.1) is 0 Å². The van der Waals surface area contributed by atoms with Crippen molar-refractivity contribution < 1.29 is 13.6 Å². The van der Waals surface area contributed by atoms with Crippen LogP contribution in [-0.4, -0.2) is 34.1 Å². The molecule has 1 aromatic heterocycles. The number of halogens is 2. The largest absolute Gasteiger partial charge is 0.348 e. The fourth-order valence-corrected chi connectivity index (χ4v) is 2.23. The lowest BCUT2D eigenvalue weighted by Gasteiger charge is -2.14. The Morgan fingerprint density at radius 1 is 1.27 bits per heavy atom. The number of nitrogens with one attached hydrogen (secondary N) is 1. The highest BCUT2D eigenvalue weighted by Gasteiger charge is 2.27. The summed E-state index contributed by atoms with van der Waals surface area (Å²) in [7, 11) is 0. The molecule has 0 fully saturated rings. The zero-order chi connectivity index (χ0) is 16.3. The molecule has 0 unspecified atom stereocenters. The number of hydrogen-bond acceptors (Lipinski definition) is 3. The number of rotatable bonds is 6. The molecule has 0 atom stereocenters. The van der Waals surface area contributed by atoms with E-state index in [1.54, 1.807) is 24.3 Å². The van der Waals surface area contributed by atoms with Gasteiger partial charge < -0.3 is 11.1 Å². The van der Waals surface area contributed by atoms with Crippen LogP contribution in [0.3, 0.4) is 0 Å². The molecule has 120 valence electrons. The van der Waals surface area contributed by atoms with Gasteiger partial charge in [-0.1, -0.05) is 12.1 Å². The highest BCUT2D eigenvalue weighted by molar-refractivity contribution is 5.80. The minimum atomic E-state index is -3.15. The molecule has 1 aromatic carbocycles. The Morgan fingerprint density at radius 2 is 1.86 bits per heavy atom. The first-order valence-corrected chi connectivity index (χ1v) is 6.92. The fraction of sp³-hybridized carbons (Fsp3) is 0.429. The minimum Gasteiger partial charge on any atom is -0.348 e. The quantitative estimate of drug-likeness (QED) is 0.816. The van der Waals surface area contributed by atoms with Crippen molar-refractivity contribution in [3.8, 4) is 0 Å². The molecule has 0 spiro atoms. The molecule has 3 N–H and O–H groups in total. The summed E-state index contributed by atoms with van der Waals surface area (Å²) in [6.07, 6.45) is 0. The second kappa shape index (κ2) is 6.27. The van der Waals surface area contributed by atoms with E-state index >= 15 is 0 Å². The van der Waals surface area contributed by atoms with E-state index in [9.17, 15) is 18.4 Å². The van der Waals surface area contributed by atoms with Gasteiger partial charge in [0.2, 0.25) is 5.91 Å². The number of carbonyl (C=O) groups is 1. The van der Waals surface area contributed by atoms with Crippen molar-refractivity contribution in [2.24, 2.45) is 5.73 Å². The number of imidazole rings is 1. The highest BCUT2D eigenvalue weighted by atomic mass is 19.3. The molecule has 0 bridgehead atoms. The van der Waals surface area contributed by atoms with E-state index in [0.29, 0.717) is 17.6 Å². The summed E-state index contributed by atoms with van der Waals surface area (Å²) in [4.78, 5) is 24.1. The van der Waals surface area contributed by atoms with Crippen molar-refractivity contribution in [3.63, 3.8) is 0 Å². The molecule has 2 rings (SSSR count). The summed E-state index contributed by atoms with van der Waals surface area (Å²) in [5, 5.41) is 2.10. The summed E-state index contributed by atoms with van der Waals surface area (Å²) in [6, 6.07) is 7.03. The molecule has 0 saturated carbocycles. The van der Waals surface area contributed by atoms with Crippen LogP contribution in [0.4, 0.5) is 8.78 Å². The van der Waals surface area contributed by atoms with Crippen molar-refractivity contribution in [2.75, 3.05) is 13.1 Å². The zero-order valence-electron chi connectivity index (χ0n) is 12.2. The molecular formula is C14H18F2N4O2. The van der Waals surface area contributed by atoms with Gasteiger partial charge in [0, 0.05) is 6.54 Å². The molecule has 22 heavy (non-hydrogen) atoms. The van der Waals surface area contributed by atoms with E-state index in [4.69, 9.17) is 5.73 Å². The number of alkyl halides is 2. The maximum absolute atomic E-state index is 13.0. The maximum Gasteiger partial charge on any atom is 0.329 e.